The van der Waals surface area contributed by atoms with Gasteiger partial charge in [-0.15, -0.1) is 0 Å². The Kier molecular flexibility index (Phi) is 3.26. The number of aromatic nitrogens is 4. The van der Waals surface area contributed by atoms with Gasteiger partial charge in [-0.2, -0.15) is 5.10 Å². The van der Waals surface area contributed by atoms with E-state index in [4.69, 9.17) is 0 Å². The van der Waals surface area contributed by atoms with E-state index in [0.29, 0.717) is 0 Å². The van der Waals surface area contributed by atoms with Crippen LogP contribution < -0.4 is 4.90 Å². The van der Waals surface area contributed by atoms with Crippen LogP contribution in [0.5, 0.6) is 5.75 Å². The summed E-state index contributed by atoms with van der Waals surface area (Å²) in [4.78, 5) is 11.2. The largest absolute Gasteiger partial charge is 0.508 e. The maximum absolute atomic E-state index is 9.70. The Morgan fingerprint density at radius 2 is 1.96 bits per heavy atom. The number of aromatic hydroxyl groups is 1. The van der Waals surface area contributed by atoms with E-state index in [0.717, 1.165) is 41.3 Å². The van der Waals surface area contributed by atoms with Crippen LogP contribution in [-0.2, 0) is 20.1 Å². The summed E-state index contributed by atoms with van der Waals surface area (Å²) in [6.45, 7) is 5.57. The average molecular weight is 321 g/mol. The van der Waals surface area contributed by atoms with Crippen molar-refractivity contribution < 1.29 is 5.11 Å². The van der Waals surface area contributed by atoms with E-state index in [1.807, 2.05) is 37.8 Å². The molecule has 0 saturated carbocycles. The quantitative estimate of drug-likeness (QED) is 0.786. The van der Waals surface area contributed by atoms with Gasteiger partial charge in [0, 0.05) is 24.7 Å². The lowest BCUT2D eigenvalue weighted by Crippen LogP contribution is -2.19. The monoisotopic (exact) mass is 321 g/mol. The molecule has 0 unspecified atom stereocenters. The molecule has 0 amide bonds. The summed E-state index contributed by atoms with van der Waals surface area (Å²) in [6.07, 6.45) is 3.54. The second kappa shape index (κ2) is 5.33. The fourth-order valence-electron chi connectivity index (χ4n) is 3.38. The van der Waals surface area contributed by atoms with E-state index in [2.05, 4.69) is 20.0 Å². The molecule has 0 bridgehead atoms. The highest BCUT2D eigenvalue weighted by Crippen LogP contribution is 2.37. The van der Waals surface area contributed by atoms with Crippen molar-refractivity contribution in [1.82, 2.24) is 19.7 Å². The molecule has 6 nitrogen and oxygen atoms in total. The first-order valence-electron chi connectivity index (χ1n) is 7.91. The molecule has 2 aromatic heterocycles. The van der Waals surface area contributed by atoms with Crippen molar-refractivity contribution in [1.29, 1.82) is 0 Å². The zero-order valence-electron chi connectivity index (χ0n) is 14.0. The van der Waals surface area contributed by atoms with Gasteiger partial charge in [0.1, 0.15) is 17.9 Å². The van der Waals surface area contributed by atoms with E-state index in [1.165, 1.54) is 11.3 Å². The van der Waals surface area contributed by atoms with Crippen molar-refractivity contribution in [3.63, 3.8) is 0 Å². The Morgan fingerprint density at radius 3 is 2.71 bits per heavy atom. The van der Waals surface area contributed by atoms with Gasteiger partial charge >= 0.3 is 0 Å². The Bertz CT molecular complexity index is 931. The summed E-state index contributed by atoms with van der Waals surface area (Å²) < 4.78 is 1.93. The predicted molar refractivity (Wildman–Crippen MR) is 91.7 cm³/mol. The lowest BCUT2D eigenvalue weighted by molar-refractivity contribution is 0.475. The van der Waals surface area contributed by atoms with Gasteiger partial charge in [0.25, 0.3) is 0 Å². The lowest BCUT2D eigenvalue weighted by atomic mass is 9.99. The number of benzene rings is 1. The van der Waals surface area contributed by atoms with Gasteiger partial charge in [-0.3, -0.25) is 4.68 Å². The van der Waals surface area contributed by atoms with Gasteiger partial charge in [0.05, 0.1) is 24.1 Å². The topological polar surface area (TPSA) is 67.1 Å². The number of aryl methyl sites for hydroxylation is 3. The van der Waals surface area contributed by atoms with Crippen LogP contribution in [0.4, 0.5) is 5.82 Å². The van der Waals surface area contributed by atoms with Gasteiger partial charge in [0.2, 0.25) is 0 Å². The molecule has 4 rings (SSSR count). The fourth-order valence-corrected chi connectivity index (χ4v) is 3.38. The molecular weight excluding hydrogens is 302 g/mol. The molecule has 0 radical (unpaired) electrons. The lowest BCUT2D eigenvalue weighted by Gasteiger charge is -2.22. The minimum Gasteiger partial charge on any atom is -0.508 e. The fraction of sp³-hybridized carbons (Fsp3) is 0.278. The minimum absolute atomic E-state index is 0.270. The maximum atomic E-state index is 9.70. The van der Waals surface area contributed by atoms with Crippen molar-refractivity contribution in [2.75, 3.05) is 4.90 Å². The molecule has 0 fully saturated rings. The van der Waals surface area contributed by atoms with Gasteiger partial charge in [-0.25, -0.2) is 9.97 Å². The Hall–Kier alpha value is -2.89. The number of rotatable bonds is 2. The Morgan fingerprint density at radius 1 is 1.12 bits per heavy atom. The summed E-state index contributed by atoms with van der Waals surface area (Å²) in [6, 6.07) is 5.42. The van der Waals surface area contributed by atoms with Crippen LogP contribution in [0.25, 0.3) is 11.1 Å². The number of phenolic OH excluding ortho intramolecular Hbond substituents is 1. The van der Waals surface area contributed by atoms with Crippen molar-refractivity contribution in [2.45, 2.75) is 26.9 Å². The zero-order valence-corrected chi connectivity index (χ0v) is 14.0. The Labute approximate surface area is 140 Å². The third kappa shape index (κ3) is 2.22. The van der Waals surface area contributed by atoms with E-state index in [9.17, 15) is 5.11 Å². The molecular formula is C18H19N5O. The molecule has 0 atom stereocenters. The standard InChI is InChI=1S/C18H19N5O/c1-11-6-14(24)4-5-15(11)17-12(2)19-10-20-18(17)23-8-13-7-21-22(3)16(13)9-23/h4-7,10,24H,8-9H2,1-3H3. The summed E-state index contributed by atoms with van der Waals surface area (Å²) in [5.74, 6) is 1.19. The van der Waals surface area contributed by atoms with E-state index in [1.54, 1.807) is 18.5 Å². The molecule has 1 aromatic carbocycles. The first-order valence-corrected chi connectivity index (χ1v) is 7.91. The number of nitrogens with zero attached hydrogens (tertiary/aromatic N) is 5. The molecule has 0 saturated heterocycles. The van der Waals surface area contributed by atoms with Gasteiger partial charge in [0.15, 0.2) is 0 Å². The second-order valence-electron chi connectivity index (χ2n) is 6.25. The molecule has 1 aliphatic rings. The predicted octanol–water partition coefficient (Wildman–Crippen LogP) is 2.72. The summed E-state index contributed by atoms with van der Waals surface area (Å²) in [7, 11) is 1.97. The first-order chi connectivity index (χ1) is 11.5. The second-order valence-corrected chi connectivity index (χ2v) is 6.25. The van der Waals surface area contributed by atoms with E-state index < -0.39 is 0 Å². The summed E-state index contributed by atoms with van der Waals surface area (Å²) >= 11 is 0. The van der Waals surface area contributed by atoms with Crippen LogP contribution in [-0.4, -0.2) is 24.9 Å². The van der Waals surface area contributed by atoms with Gasteiger partial charge < -0.3 is 10.0 Å². The minimum atomic E-state index is 0.270. The highest BCUT2D eigenvalue weighted by atomic mass is 16.3. The molecule has 6 heteroatoms. The highest BCUT2D eigenvalue weighted by molar-refractivity contribution is 5.80. The third-order valence-electron chi connectivity index (χ3n) is 4.65. The molecule has 0 aliphatic carbocycles. The summed E-state index contributed by atoms with van der Waals surface area (Å²) in [5.41, 5.74) is 6.47. The molecule has 3 heterocycles. The molecule has 3 aromatic rings. The average Bonchev–Trinajstić information content (AvgIpc) is 3.10. The van der Waals surface area contributed by atoms with Crippen molar-refractivity contribution in [3.8, 4) is 16.9 Å². The zero-order chi connectivity index (χ0) is 16.8. The highest BCUT2D eigenvalue weighted by Gasteiger charge is 2.27. The SMILES string of the molecule is Cc1cc(O)ccc1-c1c(C)ncnc1N1Cc2cnn(C)c2C1. The molecule has 0 spiro atoms. The van der Waals surface area contributed by atoms with Crippen molar-refractivity contribution >= 4 is 5.82 Å². The molecule has 24 heavy (non-hydrogen) atoms. The van der Waals surface area contributed by atoms with E-state index in [-0.39, 0.29) is 5.75 Å². The van der Waals surface area contributed by atoms with Gasteiger partial charge in [-0.1, -0.05) is 6.07 Å². The molecule has 1 aliphatic heterocycles. The van der Waals surface area contributed by atoms with Crippen LogP contribution in [0.3, 0.4) is 0 Å². The first kappa shape index (κ1) is 14.7. The number of hydrogen-bond acceptors (Lipinski definition) is 5. The number of fused-ring (bicyclic) bond motifs is 1. The van der Waals surface area contributed by atoms with E-state index >= 15 is 0 Å². The van der Waals surface area contributed by atoms with Crippen LogP contribution in [0.2, 0.25) is 0 Å². The summed E-state index contributed by atoms with van der Waals surface area (Å²) in [5, 5.41) is 14.0. The van der Waals surface area contributed by atoms with Crippen LogP contribution in [0, 0.1) is 13.8 Å². The van der Waals surface area contributed by atoms with Crippen LogP contribution in [0.15, 0.2) is 30.7 Å². The van der Waals surface area contributed by atoms with Crippen molar-refractivity contribution in [2.24, 2.45) is 7.05 Å². The molecule has 1 N–H and O–H groups in total. The van der Waals surface area contributed by atoms with Crippen LogP contribution in [0.1, 0.15) is 22.5 Å². The smallest absolute Gasteiger partial charge is 0.140 e. The Balaban J connectivity index is 1.82. The number of phenols is 1. The maximum Gasteiger partial charge on any atom is 0.140 e. The van der Waals surface area contributed by atoms with Crippen molar-refractivity contribution in [3.05, 3.63) is 53.2 Å². The normalized spacial score (nSPS) is 13.4. The number of anilines is 1. The molecule has 122 valence electrons. The van der Waals surface area contributed by atoms with Crippen LogP contribution >= 0.6 is 0 Å². The van der Waals surface area contributed by atoms with Gasteiger partial charge in [-0.05, 0) is 37.1 Å². The third-order valence-corrected chi connectivity index (χ3v) is 4.65. The number of hydrogen-bond donors (Lipinski definition) is 1.